The predicted molar refractivity (Wildman–Crippen MR) is 127 cm³/mol. The van der Waals surface area contributed by atoms with Crippen LogP contribution in [0.1, 0.15) is 28.9 Å². The minimum Gasteiger partial charge on any atom is -0.454 e. The number of aromatic nitrogens is 4. The molecule has 2 aromatic carbocycles. The number of rotatable bonds is 5. The summed E-state index contributed by atoms with van der Waals surface area (Å²) in [5.41, 5.74) is 4.73. The van der Waals surface area contributed by atoms with E-state index >= 15 is 4.39 Å². The fourth-order valence-corrected chi connectivity index (χ4v) is 4.17. The van der Waals surface area contributed by atoms with Crippen LogP contribution in [0, 0.1) is 5.82 Å². The molecule has 0 saturated carbocycles. The Labute approximate surface area is 199 Å². The summed E-state index contributed by atoms with van der Waals surface area (Å²) < 4.78 is 27.7. The van der Waals surface area contributed by atoms with Gasteiger partial charge in [-0.15, -0.1) is 0 Å². The maximum atomic E-state index is 15.1. The minimum absolute atomic E-state index is 0.0331. The molecular formula is C26H20FN5O3. The van der Waals surface area contributed by atoms with Crippen molar-refractivity contribution in [2.24, 2.45) is 0 Å². The first-order valence-electron chi connectivity index (χ1n) is 11.0. The lowest BCUT2D eigenvalue weighted by Gasteiger charge is -2.15. The van der Waals surface area contributed by atoms with Gasteiger partial charge in [0.1, 0.15) is 11.5 Å². The number of ether oxygens (including phenoxy) is 2. The molecule has 174 valence electrons. The van der Waals surface area contributed by atoms with Gasteiger partial charge in [-0.1, -0.05) is 12.1 Å². The summed E-state index contributed by atoms with van der Waals surface area (Å²) in [6, 6.07) is 13.5. The molecule has 0 aliphatic carbocycles. The standard InChI is InChI=1S/C26H20FN5O3/c1-15(16-3-6-23-24(9-16)35-14-34-23)31-26(33)20-5-2-17(8-21(20)27)22-12-28-25-7-4-18(13-32(22)25)19-10-29-30-11-19/h2-13,15H,14H2,1H3,(H,29,30)(H,31,33). The van der Waals surface area contributed by atoms with Gasteiger partial charge in [-0.3, -0.25) is 14.3 Å². The topological polar surface area (TPSA) is 93.5 Å². The number of carbonyl (C=O) groups is 1. The first-order chi connectivity index (χ1) is 17.1. The van der Waals surface area contributed by atoms with Crippen molar-refractivity contribution in [2.75, 3.05) is 6.79 Å². The molecule has 9 heteroatoms. The number of hydrogen-bond donors (Lipinski definition) is 2. The number of imidazole rings is 1. The van der Waals surface area contributed by atoms with Crippen molar-refractivity contribution < 1.29 is 18.7 Å². The van der Waals surface area contributed by atoms with Gasteiger partial charge in [-0.2, -0.15) is 5.10 Å². The molecule has 4 heterocycles. The number of halogens is 1. The van der Waals surface area contributed by atoms with Crippen molar-refractivity contribution in [1.29, 1.82) is 0 Å². The molecule has 1 unspecified atom stereocenters. The fourth-order valence-electron chi connectivity index (χ4n) is 4.17. The van der Waals surface area contributed by atoms with Gasteiger partial charge in [0.2, 0.25) is 6.79 Å². The van der Waals surface area contributed by atoms with Crippen molar-refractivity contribution in [2.45, 2.75) is 13.0 Å². The normalized spacial score (nSPS) is 13.2. The van der Waals surface area contributed by atoms with Crippen LogP contribution in [0.25, 0.3) is 28.0 Å². The van der Waals surface area contributed by atoms with E-state index < -0.39 is 11.7 Å². The van der Waals surface area contributed by atoms with E-state index in [1.807, 2.05) is 41.8 Å². The van der Waals surface area contributed by atoms with E-state index in [9.17, 15) is 4.79 Å². The van der Waals surface area contributed by atoms with E-state index in [-0.39, 0.29) is 18.4 Å². The van der Waals surface area contributed by atoms with Crippen LogP contribution in [0.15, 0.2) is 73.3 Å². The summed E-state index contributed by atoms with van der Waals surface area (Å²) in [5, 5.41) is 9.64. The fraction of sp³-hybridized carbons (Fsp3) is 0.115. The summed E-state index contributed by atoms with van der Waals surface area (Å²) in [6.07, 6.45) is 7.14. The zero-order chi connectivity index (χ0) is 23.9. The second kappa shape index (κ2) is 8.28. The zero-order valence-electron chi connectivity index (χ0n) is 18.7. The van der Waals surface area contributed by atoms with Gasteiger partial charge in [0.15, 0.2) is 11.5 Å². The van der Waals surface area contributed by atoms with Crippen molar-refractivity contribution in [1.82, 2.24) is 24.9 Å². The highest BCUT2D eigenvalue weighted by atomic mass is 19.1. The van der Waals surface area contributed by atoms with E-state index in [2.05, 4.69) is 20.5 Å². The molecule has 35 heavy (non-hydrogen) atoms. The van der Waals surface area contributed by atoms with E-state index in [0.29, 0.717) is 22.8 Å². The Bertz CT molecular complexity index is 1560. The molecule has 0 fully saturated rings. The van der Waals surface area contributed by atoms with Gasteiger partial charge in [0, 0.05) is 29.1 Å². The molecule has 1 atom stereocenters. The Morgan fingerprint density at radius 2 is 1.91 bits per heavy atom. The third kappa shape index (κ3) is 3.76. The monoisotopic (exact) mass is 469 g/mol. The second-order valence-electron chi connectivity index (χ2n) is 8.28. The van der Waals surface area contributed by atoms with E-state index in [1.165, 1.54) is 12.1 Å². The van der Waals surface area contributed by atoms with Crippen LogP contribution in [-0.4, -0.2) is 32.3 Å². The summed E-state index contributed by atoms with van der Waals surface area (Å²) in [7, 11) is 0. The molecule has 6 rings (SSSR count). The largest absolute Gasteiger partial charge is 0.454 e. The van der Waals surface area contributed by atoms with E-state index in [0.717, 1.165) is 22.3 Å². The molecule has 0 saturated heterocycles. The lowest BCUT2D eigenvalue weighted by Crippen LogP contribution is -2.27. The molecule has 1 aliphatic rings. The molecule has 8 nitrogen and oxygen atoms in total. The summed E-state index contributed by atoms with van der Waals surface area (Å²) in [4.78, 5) is 17.3. The average molecular weight is 469 g/mol. The van der Waals surface area contributed by atoms with E-state index in [1.54, 1.807) is 30.7 Å². The van der Waals surface area contributed by atoms with Crippen LogP contribution in [0.2, 0.25) is 0 Å². The number of carbonyl (C=O) groups excluding carboxylic acids is 1. The number of pyridine rings is 1. The first kappa shape index (κ1) is 20.9. The van der Waals surface area contributed by atoms with Gasteiger partial charge < -0.3 is 14.8 Å². The quantitative estimate of drug-likeness (QED) is 0.388. The van der Waals surface area contributed by atoms with Crippen LogP contribution in [-0.2, 0) is 0 Å². The van der Waals surface area contributed by atoms with Crippen molar-refractivity contribution in [3.8, 4) is 33.9 Å². The Morgan fingerprint density at radius 3 is 2.74 bits per heavy atom. The van der Waals surface area contributed by atoms with Gasteiger partial charge in [0.25, 0.3) is 5.91 Å². The number of aromatic amines is 1. The van der Waals surface area contributed by atoms with Crippen LogP contribution in [0.4, 0.5) is 4.39 Å². The van der Waals surface area contributed by atoms with Crippen molar-refractivity contribution >= 4 is 11.6 Å². The first-order valence-corrected chi connectivity index (χ1v) is 11.0. The SMILES string of the molecule is CC(NC(=O)c1ccc(-c2cnc3ccc(-c4cn[nH]c4)cn23)cc1F)c1ccc2c(c1)OCO2. The smallest absolute Gasteiger partial charge is 0.254 e. The maximum absolute atomic E-state index is 15.1. The lowest BCUT2D eigenvalue weighted by molar-refractivity contribution is 0.0935. The second-order valence-corrected chi connectivity index (χ2v) is 8.28. The lowest BCUT2D eigenvalue weighted by atomic mass is 10.1. The molecule has 3 aromatic heterocycles. The predicted octanol–water partition coefficient (Wildman–Crippen LogP) is 4.75. The van der Waals surface area contributed by atoms with E-state index in [4.69, 9.17) is 9.47 Å². The van der Waals surface area contributed by atoms with Crippen LogP contribution >= 0.6 is 0 Å². The minimum atomic E-state index is -0.612. The Balaban J connectivity index is 1.25. The van der Waals surface area contributed by atoms with Crippen molar-refractivity contribution in [3.63, 3.8) is 0 Å². The van der Waals surface area contributed by atoms with Crippen LogP contribution in [0.3, 0.4) is 0 Å². The molecule has 0 spiro atoms. The number of hydrogen-bond acceptors (Lipinski definition) is 5. The number of H-pyrrole nitrogens is 1. The van der Waals surface area contributed by atoms with Gasteiger partial charge >= 0.3 is 0 Å². The van der Waals surface area contributed by atoms with Crippen LogP contribution < -0.4 is 14.8 Å². The molecule has 0 radical (unpaired) electrons. The van der Waals surface area contributed by atoms with Crippen molar-refractivity contribution in [3.05, 3.63) is 90.3 Å². The third-order valence-electron chi connectivity index (χ3n) is 6.09. The number of amides is 1. The summed E-state index contributed by atoms with van der Waals surface area (Å²) in [5.74, 6) is 0.180. The Morgan fingerprint density at radius 1 is 1.06 bits per heavy atom. The zero-order valence-corrected chi connectivity index (χ0v) is 18.7. The maximum Gasteiger partial charge on any atom is 0.254 e. The molecule has 1 amide bonds. The molecule has 2 N–H and O–H groups in total. The highest BCUT2D eigenvalue weighted by Gasteiger charge is 2.20. The number of fused-ring (bicyclic) bond motifs is 2. The number of nitrogens with zero attached hydrogens (tertiary/aromatic N) is 3. The van der Waals surface area contributed by atoms with Crippen LogP contribution in [0.5, 0.6) is 11.5 Å². The summed E-state index contributed by atoms with van der Waals surface area (Å²) >= 11 is 0. The highest BCUT2D eigenvalue weighted by Crippen LogP contribution is 2.34. The average Bonchev–Trinajstić information content (AvgIpc) is 3.63. The highest BCUT2D eigenvalue weighted by molar-refractivity contribution is 5.95. The number of nitrogens with one attached hydrogen (secondary N) is 2. The Hall–Kier alpha value is -4.66. The number of benzene rings is 2. The van der Waals surface area contributed by atoms with Gasteiger partial charge in [-0.05, 0) is 48.9 Å². The molecule has 0 bridgehead atoms. The Kier molecular flexibility index (Phi) is 4.95. The van der Waals surface area contributed by atoms with Gasteiger partial charge in [-0.25, -0.2) is 9.37 Å². The van der Waals surface area contributed by atoms with Gasteiger partial charge in [0.05, 0.1) is 29.7 Å². The molecule has 1 aliphatic heterocycles. The third-order valence-corrected chi connectivity index (χ3v) is 6.09. The molecular weight excluding hydrogens is 449 g/mol. The summed E-state index contributed by atoms with van der Waals surface area (Å²) in [6.45, 7) is 2.01. The molecule has 5 aromatic rings.